The lowest BCUT2D eigenvalue weighted by molar-refractivity contribution is -0.145. The van der Waals surface area contributed by atoms with E-state index in [-0.39, 0.29) is 11.0 Å². The van der Waals surface area contributed by atoms with E-state index in [4.69, 9.17) is 4.74 Å². The van der Waals surface area contributed by atoms with Crippen LogP contribution in [0.15, 0.2) is 65.7 Å². The number of aromatic nitrogens is 1. The number of ketones is 1. The van der Waals surface area contributed by atoms with Crippen molar-refractivity contribution in [2.75, 3.05) is 0 Å². The number of hydrogen-bond donors (Lipinski definition) is 1. The molecule has 1 N–H and O–H groups in total. The summed E-state index contributed by atoms with van der Waals surface area (Å²) in [5.74, 6) is -0.600. The number of carbonyl (C=O) groups is 2. The maximum absolute atomic E-state index is 12.6. The van der Waals surface area contributed by atoms with Gasteiger partial charge in [0.15, 0.2) is 6.10 Å². The lowest BCUT2D eigenvalue weighted by atomic mass is 10.1. The third-order valence-electron chi connectivity index (χ3n) is 3.90. The van der Waals surface area contributed by atoms with E-state index in [9.17, 15) is 9.59 Å². The molecule has 2 aromatic carbocycles. The molecule has 0 saturated heterocycles. The number of esters is 1. The third kappa shape index (κ3) is 3.94. The van der Waals surface area contributed by atoms with Gasteiger partial charge in [-0.2, -0.15) is 0 Å². The Morgan fingerprint density at radius 3 is 2.44 bits per heavy atom. The van der Waals surface area contributed by atoms with Crippen LogP contribution in [0, 0.1) is 0 Å². The van der Waals surface area contributed by atoms with E-state index in [1.165, 1.54) is 11.8 Å². The number of Topliss-reactive ketones (excluding diaryl/α,β-unsaturated/α-hetero) is 1. The number of aromatic amines is 1. The van der Waals surface area contributed by atoms with Gasteiger partial charge in [0.1, 0.15) is 5.25 Å². The van der Waals surface area contributed by atoms with Gasteiger partial charge in [-0.25, -0.2) is 0 Å². The molecule has 2 atom stereocenters. The molecule has 0 aliphatic rings. The Kier molecular flexibility index (Phi) is 5.24. The smallest absolute Gasteiger partial charge is 0.319 e. The van der Waals surface area contributed by atoms with Crippen molar-refractivity contribution in [3.63, 3.8) is 0 Å². The molecule has 5 heteroatoms. The minimum absolute atomic E-state index is 0.206. The Labute approximate surface area is 150 Å². The van der Waals surface area contributed by atoms with Crippen LogP contribution in [0.25, 0.3) is 10.9 Å². The number of para-hydroxylation sites is 1. The average molecular weight is 353 g/mol. The van der Waals surface area contributed by atoms with Gasteiger partial charge in [0, 0.05) is 27.6 Å². The maximum Gasteiger partial charge on any atom is 0.319 e. The van der Waals surface area contributed by atoms with Crippen molar-refractivity contribution in [3.8, 4) is 0 Å². The van der Waals surface area contributed by atoms with Gasteiger partial charge >= 0.3 is 5.97 Å². The molecule has 0 fully saturated rings. The molecule has 0 spiro atoms. The number of thioether (sulfide) groups is 1. The van der Waals surface area contributed by atoms with E-state index in [0.717, 1.165) is 15.8 Å². The molecular formula is C20H19NO3S. The van der Waals surface area contributed by atoms with Crippen LogP contribution in [0.1, 0.15) is 24.2 Å². The highest BCUT2D eigenvalue weighted by Crippen LogP contribution is 2.25. The first-order chi connectivity index (χ1) is 12.1. The lowest BCUT2D eigenvalue weighted by Crippen LogP contribution is -2.28. The molecule has 0 saturated carbocycles. The zero-order valence-electron chi connectivity index (χ0n) is 14.1. The standard InChI is InChI=1S/C20H19NO3S/c1-13(19(22)17-12-21-18-11-7-6-10-16(17)18)24-20(23)14(2)25-15-8-4-3-5-9-15/h3-14,21H,1-2H3/t13-,14+/m0/s1. The third-order valence-corrected chi connectivity index (χ3v) is 5.00. The Balaban J connectivity index is 1.65. The van der Waals surface area contributed by atoms with E-state index in [0.29, 0.717) is 5.56 Å². The molecule has 4 nitrogen and oxygen atoms in total. The molecule has 0 bridgehead atoms. The molecule has 1 heterocycles. The number of nitrogens with one attached hydrogen (secondary N) is 1. The second-order valence-corrected chi connectivity index (χ2v) is 7.18. The molecule has 25 heavy (non-hydrogen) atoms. The first-order valence-corrected chi connectivity index (χ1v) is 8.96. The van der Waals surface area contributed by atoms with Gasteiger partial charge in [-0.05, 0) is 32.0 Å². The van der Waals surface area contributed by atoms with Crippen LogP contribution in [-0.2, 0) is 9.53 Å². The number of rotatable bonds is 6. The Morgan fingerprint density at radius 2 is 1.68 bits per heavy atom. The van der Waals surface area contributed by atoms with Crippen molar-refractivity contribution >= 4 is 34.4 Å². The number of benzene rings is 2. The highest BCUT2D eigenvalue weighted by molar-refractivity contribution is 8.00. The Hall–Kier alpha value is -2.53. The molecule has 0 amide bonds. The number of carbonyl (C=O) groups excluding carboxylic acids is 2. The predicted octanol–water partition coefficient (Wildman–Crippen LogP) is 4.46. The summed E-state index contributed by atoms with van der Waals surface area (Å²) in [5.41, 5.74) is 1.43. The van der Waals surface area contributed by atoms with Crippen LogP contribution < -0.4 is 0 Å². The van der Waals surface area contributed by atoms with Gasteiger partial charge in [-0.1, -0.05) is 36.4 Å². The van der Waals surface area contributed by atoms with E-state index in [1.54, 1.807) is 20.0 Å². The second-order valence-electron chi connectivity index (χ2n) is 5.76. The van der Waals surface area contributed by atoms with Crippen molar-refractivity contribution in [2.45, 2.75) is 30.1 Å². The Morgan fingerprint density at radius 1 is 1.00 bits per heavy atom. The highest BCUT2D eigenvalue weighted by atomic mass is 32.2. The van der Waals surface area contributed by atoms with Crippen LogP contribution >= 0.6 is 11.8 Å². The lowest BCUT2D eigenvalue weighted by Gasteiger charge is -2.15. The fourth-order valence-corrected chi connectivity index (χ4v) is 3.44. The van der Waals surface area contributed by atoms with Crippen molar-refractivity contribution in [2.24, 2.45) is 0 Å². The summed E-state index contributed by atoms with van der Waals surface area (Å²) < 4.78 is 5.40. The quantitative estimate of drug-likeness (QED) is 0.404. The Bertz CT molecular complexity index is 888. The number of hydrogen-bond acceptors (Lipinski definition) is 4. The summed E-state index contributed by atoms with van der Waals surface area (Å²) in [7, 11) is 0. The number of fused-ring (bicyclic) bond motifs is 1. The van der Waals surface area contributed by atoms with E-state index in [1.807, 2.05) is 54.6 Å². The number of H-pyrrole nitrogens is 1. The molecule has 3 aromatic rings. The zero-order valence-corrected chi connectivity index (χ0v) is 14.9. The highest BCUT2D eigenvalue weighted by Gasteiger charge is 2.25. The fraction of sp³-hybridized carbons (Fsp3) is 0.200. The summed E-state index contributed by atoms with van der Waals surface area (Å²) in [5, 5.41) is 0.447. The molecule has 0 aliphatic carbocycles. The van der Waals surface area contributed by atoms with Crippen molar-refractivity contribution in [1.29, 1.82) is 0 Å². The molecule has 3 rings (SSSR count). The van der Waals surface area contributed by atoms with Crippen molar-refractivity contribution in [1.82, 2.24) is 4.98 Å². The van der Waals surface area contributed by atoms with E-state index >= 15 is 0 Å². The second kappa shape index (κ2) is 7.57. The molecule has 128 valence electrons. The van der Waals surface area contributed by atoms with Gasteiger partial charge in [-0.3, -0.25) is 9.59 Å². The maximum atomic E-state index is 12.6. The summed E-state index contributed by atoms with van der Waals surface area (Å²) in [6.07, 6.45) is 0.838. The molecule has 1 aromatic heterocycles. The summed E-state index contributed by atoms with van der Waals surface area (Å²) >= 11 is 1.41. The molecular weight excluding hydrogens is 334 g/mol. The van der Waals surface area contributed by atoms with Crippen LogP contribution in [-0.4, -0.2) is 28.1 Å². The zero-order chi connectivity index (χ0) is 17.8. The van der Waals surface area contributed by atoms with Crippen LogP contribution in [0.3, 0.4) is 0 Å². The van der Waals surface area contributed by atoms with Gasteiger partial charge < -0.3 is 9.72 Å². The normalized spacial score (nSPS) is 13.4. The summed E-state index contributed by atoms with van der Waals surface area (Å²) in [6, 6.07) is 17.2. The average Bonchev–Trinajstić information content (AvgIpc) is 3.05. The van der Waals surface area contributed by atoms with Crippen LogP contribution in [0.4, 0.5) is 0 Å². The number of ether oxygens (including phenoxy) is 1. The molecule has 0 aliphatic heterocycles. The molecule has 0 radical (unpaired) electrons. The van der Waals surface area contributed by atoms with Gasteiger partial charge in [-0.15, -0.1) is 11.8 Å². The summed E-state index contributed by atoms with van der Waals surface area (Å²) in [6.45, 7) is 3.39. The molecule has 0 unspecified atom stereocenters. The minimum atomic E-state index is -0.828. The minimum Gasteiger partial charge on any atom is -0.453 e. The monoisotopic (exact) mass is 353 g/mol. The first kappa shape index (κ1) is 17.3. The van der Waals surface area contributed by atoms with E-state index < -0.39 is 12.1 Å². The van der Waals surface area contributed by atoms with Gasteiger partial charge in [0.25, 0.3) is 0 Å². The topological polar surface area (TPSA) is 59.2 Å². The first-order valence-electron chi connectivity index (χ1n) is 8.09. The SMILES string of the molecule is C[C@H](OC(=O)[C@@H](C)Sc1ccccc1)C(=O)c1c[nH]c2ccccc12. The largest absolute Gasteiger partial charge is 0.453 e. The predicted molar refractivity (Wildman–Crippen MR) is 99.9 cm³/mol. The van der Waals surface area contributed by atoms with Crippen molar-refractivity contribution in [3.05, 3.63) is 66.4 Å². The van der Waals surface area contributed by atoms with Crippen LogP contribution in [0.2, 0.25) is 0 Å². The van der Waals surface area contributed by atoms with Crippen LogP contribution in [0.5, 0.6) is 0 Å². The van der Waals surface area contributed by atoms with Crippen molar-refractivity contribution < 1.29 is 14.3 Å². The van der Waals surface area contributed by atoms with E-state index in [2.05, 4.69) is 4.98 Å². The van der Waals surface area contributed by atoms with Gasteiger partial charge in [0.2, 0.25) is 5.78 Å². The summed E-state index contributed by atoms with van der Waals surface area (Å²) in [4.78, 5) is 29.0. The fourth-order valence-electron chi connectivity index (χ4n) is 2.57. The van der Waals surface area contributed by atoms with Gasteiger partial charge in [0.05, 0.1) is 0 Å².